The zero-order chi connectivity index (χ0) is 29.5. The Morgan fingerprint density at radius 1 is 1.13 bits per heavy atom. The Labute approximate surface area is 224 Å². The van der Waals surface area contributed by atoms with Gasteiger partial charge in [0.05, 0.1) is 17.5 Å². The number of aliphatic carboxylic acids is 1. The molecule has 3 aliphatic rings. The molecule has 0 radical (unpaired) electrons. The number of hydrogen-bond acceptors (Lipinski definition) is 10. The molecular weight excluding hydrogens is 510 g/mol. The van der Waals surface area contributed by atoms with Crippen LogP contribution in [-0.2, 0) is 35.8 Å². The zero-order valence-corrected chi connectivity index (χ0v) is 22.3. The lowest BCUT2D eigenvalue weighted by molar-refractivity contribution is -0.181. The third kappa shape index (κ3) is 3.92. The first-order valence-corrected chi connectivity index (χ1v) is 12.6. The molecule has 2 saturated carbocycles. The maximum atomic E-state index is 14.0. The van der Waals surface area contributed by atoms with E-state index in [2.05, 4.69) is 0 Å². The number of primary amides is 1. The zero-order valence-electron chi connectivity index (χ0n) is 22.3. The lowest BCUT2D eigenvalue weighted by Gasteiger charge is -2.52. The highest BCUT2D eigenvalue weighted by Gasteiger charge is 2.69. The lowest BCUT2D eigenvalue weighted by atomic mass is 9.52. The predicted molar refractivity (Wildman–Crippen MR) is 135 cm³/mol. The van der Waals surface area contributed by atoms with Crippen LogP contribution in [0.3, 0.4) is 0 Å². The molecule has 0 heterocycles. The molecule has 0 spiro atoms. The van der Waals surface area contributed by atoms with Crippen molar-refractivity contribution in [2.45, 2.75) is 56.7 Å². The maximum Gasteiger partial charge on any atom is 0.325 e. The monoisotopic (exact) mass is 543 g/mol. The number of carbonyl (C=O) groups excluding carboxylic acids is 5. The topological polar surface area (TPSA) is 218 Å². The molecule has 0 saturated heterocycles. The van der Waals surface area contributed by atoms with Gasteiger partial charge in [-0.3, -0.25) is 33.7 Å². The summed E-state index contributed by atoms with van der Waals surface area (Å²) in [5.41, 5.74) is 7.96. The second-order valence-electron chi connectivity index (χ2n) is 12.1. The van der Waals surface area contributed by atoms with Crippen molar-refractivity contribution in [1.29, 1.82) is 0 Å². The van der Waals surface area contributed by atoms with E-state index in [-0.39, 0.29) is 35.1 Å². The van der Waals surface area contributed by atoms with Gasteiger partial charge in [-0.15, -0.1) is 0 Å². The highest BCUT2D eigenvalue weighted by molar-refractivity contribution is 6.32. The summed E-state index contributed by atoms with van der Waals surface area (Å²) in [6, 6.07) is -1.32. The number of aliphatic hydroxyl groups is 1. The number of carbonyl (C=O) groups is 6. The van der Waals surface area contributed by atoms with Gasteiger partial charge >= 0.3 is 5.97 Å². The average Bonchev–Trinajstić information content (AvgIpc) is 2.79. The second kappa shape index (κ2) is 9.04. The van der Waals surface area contributed by atoms with E-state index in [9.17, 15) is 44.1 Å². The molecule has 0 aromatic heterocycles. The standard InChI is InChI=1S/C27H33N3O9/c1-26(2,3)13-8-11(17(28)25(37)38)10-6-9-7-12-18(30(4)5)21(33)16(24(29)36)23(35)27(12,39)22(34)14(9)20(32)15(10)19(13)31/h8-9,12,14,16-18,31,39H,6-7,28H2,1-5H3,(H2,29,36)(H,37,38)/t9-,12-,14?,16?,17?,18-,27-/m1/s1. The fraction of sp³-hybridized carbons (Fsp3) is 0.556. The van der Waals surface area contributed by atoms with Gasteiger partial charge in [-0.25, -0.2) is 0 Å². The van der Waals surface area contributed by atoms with E-state index in [1.165, 1.54) is 25.1 Å². The van der Waals surface area contributed by atoms with Gasteiger partial charge in [0.25, 0.3) is 0 Å². The van der Waals surface area contributed by atoms with Crippen LogP contribution in [-0.4, -0.2) is 81.0 Å². The first-order valence-electron chi connectivity index (χ1n) is 12.6. The van der Waals surface area contributed by atoms with Crippen LogP contribution in [0.2, 0.25) is 0 Å². The Morgan fingerprint density at radius 3 is 2.21 bits per heavy atom. The van der Waals surface area contributed by atoms with E-state index < -0.39 is 87.5 Å². The van der Waals surface area contributed by atoms with Crippen molar-refractivity contribution in [3.8, 4) is 5.75 Å². The molecule has 39 heavy (non-hydrogen) atoms. The summed E-state index contributed by atoms with van der Waals surface area (Å²) in [5.74, 6) is -13.1. The van der Waals surface area contributed by atoms with E-state index in [0.717, 1.165) is 0 Å². The number of nitrogens with two attached hydrogens (primary N) is 2. The molecule has 7 atom stereocenters. The van der Waals surface area contributed by atoms with Crippen molar-refractivity contribution in [2.24, 2.45) is 35.1 Å². The van der Waals surface area contributed by atoms with Crippen LogP contribution in [0.4, 0.5) is 0 Å². The number of aromatic hydroxyl groups is 1. The normalized spacial score (nSPS) is 31.4. The number of fused-ring (bicyclic) bond motifs is 3. The van der Waals surface area contributed by atoms with Crippen LogP contribution >= 0.6 is 0 Å². The van der Waals surface area contributed by atoms with Crippen molar-refractivity contribution in [1.82, 2.24) is 4.90 Å². The number of likely N-dealkylation sites (N-methyl/N-ethyl adjacent to an activating group) is 1. The molecule has 4 rings (SSSR count). The molecule has 1 aromatic carbocycles. The molecule has 0 bridgehead atoms. The molecule has 12 heteroatoms. The molecule has 1 aromatic rings. The number of ketones is 4. The molecule has 7 N–H and O–H groups in total. The van der Waals surface area contributed by atoms with Crippen LogP contribution in [0.25, 0.3) is 0 Å². The second-order valence-corrected chi connectivity index (χ2v) is 12.1. The van der Waals surface area contributed by atoms with E-state index in [1.54, 1.807) is 20.8 Å². The summed E-state index contributed by atoms with van der Waals surface area (Å²) >= 11 is 0. The first kappa shape index (κ1) is 28.5. The minimum absolute atomic E-state index is 0.0693. The van der Waals surface area contributed by atoms with Crippen molar-refractivity contribution in [2.75, 3.05) is 14.1 Å². The molecule has 12 nitrogen and oxygen atoms in total. The summed E-state index contributed by atoms with van der Waals surface area (Å²) in [6.45, 7) is 5.22. The first-order chi connectivity index (χ1) is 17.9. The molecule has 2 fully saturated rings. The Hall–Kier alpha value is -3.48. The Bertz CT molecular complexity index is 1340. The molecule has 210 valence electrons. The number of phenols is 1. The van der Waals surface area contributed by atoms with Gasteiger partial charge in [0.1, 0.15) is 11.8 Å². The fourth-order valence-corrected chi connectivity index (χ4v) is 6.68. The van der Waals surface area contributed by atoms with Crippen molar-refractivity contribution < 1.29 is 44.1 Å². The smallest absolute Gasteiger partial charge is 0.325 e. The molecule has 0 aliphatic heterocycles. The number of hydrogen-bond donors (Lipinski definition) is 5. The fourth-order valence-electron chi connectivity index (χ4n) is 6.68. The van der Waals surface area contributed by atoms with E-state index in [4.69, 9.17) is 11.5 Å². The number of benzene rings is 1. The number of phenolic OH excluding ortho intramolecular Hbond substituents is 1. The summed E-state index contributed by atoms with van der Waals surface area (Å²) in [4.78, 5) is 79.8. The van der Waals surface area contributed by atoms with Gasteiger partial charge in [-0.05, 0) is 55.5 Å². The highest BCUT2D eigenvalue weighted by atomic mass is 16.4. The van der Waals surface area contributed by atoms with Crippen LogP contribution in [0.15, 0.2) is 6.07 Å². The van der Waals surface area contributed by atoms with E-state index >= 15 is 0 Å². The summed E-state index contributed by atoms with van der Waals surface area (Å²) < 4.78 is 0. The quantitative estimate of drug-likeness (QED) is 0.297. The highest BCUT2D eigenvalue weighted by Crippen LogP contribution is 2.52. The number of rotatable bonds is 4. The van der Waals surface area contributed by atoms with Crippen LogP contribution in [0, 0.1) is 23.7 Å². The van der Waals surface area contributed by atoms with Crippen molar-refractivity contribution >= 4 is 35.0 Å². The summed E-state index contributed by atoms with van der Waals surface area (Å²) in [7, 11) is 2.98. The molecule has 3 unspecified atom stereocenters. The third-order valence-electron chi connectivity index (χ3n) is 8.50. The SMILES string of the molecule is CN(C)[C@H]1C(=O)C(C(N)=O)C(=O)[C@]2(O)C(=O)C3C(=O)c4c(O)c(C(C)(C)C)cc(C(N)C(=O)O)c4C[C@@H]3C[C@H]12. The molecular formula is C27H33N3O9. The number of Topliss-reactive ketones (excluding diaryl/α,β-unsaturated/α-hetero) is 4. The van der Waals surface area contributed by atoms with Gasteiger partial charge in [0, 0.05) is 11.5 Å². The molecule has 1 amide bonds. The predicted octanol–water partition coefficient (Wildman–Crippen LogP) is -0.751. The van der Waals surface area contributed by atoms with Crippen molar-refractivity contribution in [3.63, 3.8) is 0 Å². The lowest BCUT2D eigenvalue weighted by Crippen LogP contribution is -2.74. The van der Waals surface area contributed by atoms with E-state index in [1.807, 2.05) is 0 Å². The Morgan fingerprint density at radius 2 is 1.72 bits per heavy atom. The minimum Gasteiger partial charge on any atom is -0.507 e. The minimum atomic E-state index is -2.84. The summed E-state index contributed by atoms with van der Waals surface area (Å²) in [6.07, 6.45) is -0.215. The maximum absolute atomic E-state index is 14.0. The van der Waals surface area contributed by atoms with Crippen molar-refractivity contribution in [3.05, 3.63) is 28.3 Å². The van der Waals surface area contributed by atoms with E-state index in [0.29, 0.717) is 0 Å². The van der Waals surface area contributed by atoms with Crippen LogP contribution in [0.1, 0.15) is 60.3 Å². The number of carboxylic acids is 1. The third-order valence-corrected chi connectivity index (χ3v) is 8.50. The Kier molecular flexibility index (Phi) is 6.61. The van der Waals surface area contributed by atoms with Crippen LogP contribution in [0.5, 0.6) is 5.75 Å². The van der Waals surface area contributed by atoms with Gasteiger partial charge in [-0.1, -0.05) is 20.8 Å². The average molecular weight is 544 g/mol. The number of carboxylic acid groups (broad SMARTS) is 1. The van der Waals surface area contributed by atoms with Gasteiger partial charge in [0.2, 0.25) is 5.91 Å². The van der Waals surface area contributed by atoms with Gasteiger partial charge in [0.15, 0.2) is 34.7 Å². The Balaban J connectivity index is 1.95. The molecule has 3 aliphatic carbocycles. The summed E-state index contributed by atoms with van der Waals surface area (Å²) in [5, 5.41) is 32.5. The van der Waals surface area contributed by atoms with Gasteiger partial charge < -0.3 is 26.8 Å². The number of nitrogens with zero attached hydrogens (tertiary/aromatic N) is 1. The van der Waals surface area contributed by atoms with Gasteiger partial charge in [-0.2, -0.15) is 0 Å². The number of amides is 1. The largest absolute Gasteiger partial charge is 0.507 e. The van der Waals surface area contributed by atoms with Crippen LogP contribution < -0.4 is 11.5 Å².